The molecule has 2 aromatic carbocycles. The monoisotopic (exact) mass is 469 g/mol. The van der Waals surface area contributed by atoms with Gasteiger partial charge in [0.05, 0.1) is 5.60 Å². The van der Waals surface area contributed by atoms with Crippen LogP contribution in [0, 0.1) is 5.92 Å². The number of rotatable bonds is 12. The molecule has 1 saturated heterocycles. The standard InChI is InChI=1S/C27H39N3O4/c1-28-17-18-29-26(31)30-19-10-11-22(21-30)27(32,16-8-9-20-33-2)24-14-6-7-15-25(24)34-23-12-4-3-5-13-23/h3-7,12-15,22,28,32H,8-11,16-21H2,1-2H3,(H,29,31)/t22-,27+/m1/s1. The van der Waals surface area contributed by atoms with Gasteiger partial charge in [0, 0.05) is 51.4 Å². The molecule has 1 heterocycles. The number of ether oxygens (including phenoxy) is 2. The first kappa shape index (κ1) is 26.0. The van der Waals surface area contributed by atoms with Gasteiger partial charge in [-0.05, 0) is 57.4 Å². The third-order valence-corrected chi connectivity index (χ3v) is 6.52. The SMILES string of the molecule is CNCCNC(=O)N1CCC[C@@H]([C@@](O)(CCCCOC)c2ccccc2Oc2ccccc2)C1. The number of methoxy groups -OCH3 is 1. The van der Waals surface area contributed by atoms with Crippen LogP contribution < -0.4 is 15.4 Å². The summed E-state index contributed by atoms with van der Waals surface area (Å²) in [5.41, 5.74) is -0.345. The Balaban J connectivity index is 1.85. The number of nitrogens with zero attached hydrogens (tertiary/aromatic N) is 1. The molecule has 34 heavy (non-hydrogen) atoms. The first-order valence-electron chi connectivity index (χ1n) is 12.3. The van der Waals surface area contributed by atoms with Crippen LogP contribution >= 0.6 is 0 Å². The first-order valence-corrected chi connectivity index (χ1v) is 12.3. The highest BCUT2D eigenvalue weighted by molar-refractivity contribution is 5.74. The molecule has 7 nitrogen and oxygen atoms in total. The van der Waals surface area contributed by atoms with Crippen molar-refractivity contribution in [1.29, 1.82) is 0 Å². The van der Waals surface area contributed by atoms with Crippen LogP contribution in [0.2, 0.25) is 0 Å². The van der Waals surface area contributed by atoms with E-state index in [4.69, 9.17) is 9.47 Å². The predicted octanol–water partition coefficient (Wildman–Crippen LogP) is 4.12. The molecule has 0 unspecified atom stereocenters. The lowest BCUT2D eigenvalue weighted by Gasteiger charge is -2.43. The van der Waals surface area contributed by atoms with Crippen LogP contribution in [0.4, 0.5) is 4.79 Å². The number of piperidine rings is 1. The zero-order valence-electron chi connectivity index (χ0n) is 20.5. The number of likely N-dealkylation sites (N-methyl/N-ethyl adjacent to an activating group) is 1. The molecule has 7 heteroatoms. The van der Waals surface area contributed by atoms with E-state index in [1.807, 2.05) is 66.5 Å². The van der Waals surface area contributed by atoms with Crippen LogP contribution in [0.25, 0.3) is 0 Å². The highest BCUT2D eigenvalue weighted by Gasteiger charge is 2.42. The van der Waals surface area contributed by atoms with E-state index in [1.165, 1.54) is 0 Å². The molecule has 0 bridgehead atoms. The van der Waals surface area contributed by atoms with Crippen molar-refractivity contribution in [1.82, 2.24) is 15.5 Å². The van der Waals surface area contributed by atoms with Gasteiger partial charge in [0.1, 0.15) is 11.5 Å². The Kier molecular flexibility index (Phi) is 10.2. The van der Waals surface area contributed by atoms with Crippen molar-refractivity contribution in [3.63, 3.8) is 0 Å². The first-order chi connectivity index (χ1) is 16.6. The quantitative estimate of drug-likeness (QED) is 0.407. The minimum Gasteiger partial charge on any atom is -0.457 e. The topological polar surface area (TPSA) is 83.1 Å². The van der Waals surface area contributed by atoms with Gasteiger partial charge >= 0.3 is 6.03 Å². The second kappa shape index (κ2) is 13.3. The lowest BCUT2D eigenvalue weighted by atomic mass is 9.73. The summed E-state index contributed by atoms with van der Waals surface area (Å²) in [7, 11) is 3.56. The molecule has 186 valence electrons. The summed E-state index contributed by atoms with van der Waals surface area (Å²) in [6.07, 6.45) is 3.95. The summed E-state index contributed by atoms with van der Waals surface area (Å²) in [6, 6.07) is 17.3. The van der Waals surface area contributed by atoms with Crippen LogP contribution in [0.1, 0.15) is 37.7 Å². The molecule has 0 radical (unpaired) electrons. The van der Waals surface area contributed by atoms with Gasteiger partial charge in [0.2, 0.25) is 0 Å². The van der Waals surface area contributed by atoms with E-state index in [1.54, 1.807) is 7.11 Å². The summed E-state index contributed by atoms with van der Waals surface area (Å²) in [6.45, 7) is 3.15. The summed E-state index contributed by atoms with van der Waals surface area (Å²) in [5.74, 6) is 1.28. The Morgan fingerprint density at radius 2 is 1.88 bits per heavy atom. The molecule has 0 spiro atoms. The molecule has 1 aliphatic heterocycles. The van der Waals surface area contributed by atoms with Gasteiger partial charge in [-0.1, -0.05) is 36.4 Å². The lowest BCUT2D eigenvalue weighted by molar-refractivity contribution is -0.0574. The van der Waals surface area contributed by atoms with E-state index < -0.39 is 5.60 Å². The molecule has 0 saturated carbocycles. The summed E-state index contributed by atoms with van der Waals surface area (Å²) in [5, 5.41) is 18.3. The van der Waals surface area contributed by atoms with E-state index in [0.29, 0.717) is 38.4 Å². The Hall–Kier alpha value is -2.61. The van der Waals surface area contributed by atoms with Gasteiger partial charge in [-0.3, -0.25) is 0 Å². The molecule has 2 amide bonds. The maximum Gasteiger partial charge on any atom is 0.317 e. The number of nitrogens with one attached hydrogen (secondary N) is 2. The second-order valence-electron chi connectivity index (χ2n) is 8.91. The fourth-order valence-electron chi connectivity index (χ4n) is 4.69. The van der Waals surface area contributed by atoms with Crippen LogP contribution in [0.3, 0.4) is 0 Å². The smallest absolute Gasteiger partial charge is 0.317 e. The van der Waals surface area contributed by atoms with Gasteiger partial charge in [0.15, 0.2) is 0 Å². The van der Waals surface area contributed by atoms with Gasteiger partial charge in [0.25, 0.3) is 0 Å². The van der Waals surface area contributed by atoms with Gasteiger partial charge in [-0.25, -0.2) is 4.79 Å². The number of likely N-dealkylation sites (tertiary alicyclic amines) is 1. The largest absolute Gasteiger partial charge is 0.457 e. The maximum absolute atomic E-state index is 12.8. The number of hydrogen-bond acceptors (Lipinski definition) is 5. The molecule has 3 N–H and O–H groups in total. The van der Waals surface area contributed by atoms with Gasteiger partial charge in [-0.15, -0.1) is 0 Å². The number of benzene rings is 2. The molecular formula is C27H39N3O4. The summed E-state index contributed by atoms with van der Waals surface area (Å²) >= 11 is 0. The van der Waals surface area contributed by atoms with E-state index in [2.05, 4.69) is 10.6 Å². The number of hydrogen-bond donors (Lipinski definition) is 3. The number of para-hydroxylation sites is 2. The van der Waals surface area contributed by atoms with Crippen molar-refractivity contribution < 1.29 is 19.4 Å². The summed E-state index contributed by atoms with van der Waals surface area (Å²) in [4.78, 5) is 14.6. The predicted molar refractivity (Wildman–Crippen MR) is 134 cm³/mol. The molecule has 2 atom stereocenters. The number of amides is 2. The van der Waals surface area contributed by atoms with Gasteiger partial charge in [-0.2, -0.15) is 0 Å². The Morgan fingerprint density at radius 3 is 2.65 bits per heavy atom. The fraction of sp³-hybridized carbons (Fsp3) is 0.519. The average molecular weight is 470 g/mol. The average Bonchev–Trinajstić information content (AvgIpc) is 2.87. The number of unbranched alkanes of at least 4 members (excludes halogenated alkanes) is 1. The van der Waals surface area contributed by atoms with E-state index in [-0.39, 0.29) is 11.9 Å². The van der Waals surface area contributed by atoms with Crippen LogP contribution in [0.5, 0.6) is 11.5 Å². The molecular weight excluding hydrogens is 430 g/mol. The van der Waals surface area contributed by atoms with Crippen molar-refractivity contribution in [3.05, 3.63) is 60.2 Å². The van der Waals surface area contributed by atoms with Crippen molar-refractivity contribution in [3.8, 4) is 11.5 Å². The molecule has 1 fully saturated rings. The maximum atomic E-state index is 12.8. The van der Waals surface area contributed by atoms with Crippen LogP contribution in [0.15, 0.2) is 54.6 Å². The van der Waals surface area contributed by atoms with Crippen molar-refractivity contribution in [2.45, 2.75) is 37.7 Å². The normalized spacial score (nSPS) is 17.7. The zero-order valence-corrected chi connectivity index (χ0v) is 20.5. The third-order valence-electron chi connectivity index (χ3n) is 6.52. The fourth-order valence-corrected chi connectivity index (χ4v) is 4.69. The molecule has 3 rings (SSSR count). The number of carbonyl (C=O) groups excluding carboxylic acids is 1. The van der Waals surface area contributed by atoms with Crippen molar-refractivity contribution in [2.24, 2.45) is 5.92 Å². The Morgan fingerprint density at radius 1 is 1.12 bits per heavy atom. The third kappa shape index (κ3) is 6.95. The van der Waals surface area contributed by atoms with E-state index in [0.717, 1.165) is 43.5 Å². The van der Waals surface area contributed by atoms with Gasteiger partial charge < -0.3 is 30.1 Å². The minimum absolute atomic E-state index is 0.0736. The van der Waals surface area contributed by atoms with Crippen molar-refractivity contribution >= 4 is 6.03 Å². The Labute approximate surface area is 203 Å². The number of carbonyl (C=O) groups is 1. The molecule has 0 aromatic heterocycles. The van der Waals surface area contributed by atoms with Crippen LogP contribution in [-0.2, 0) is 10.3 Å². The highest BCUT2D eigenvalue weighted by Crippen LogP contribution is 2.44. The lowest BCUT2D eigenvalue weighted by Crippen LogP contribution is -2.51. The summed E-state index contributed by atoms with van der Waals surface area (Å²) < 4.78 is 11.5. The number of aliphatic hydroxyl groups is 1. The van der Waals surface area contributed by atoms with E-state index in [9.17, 15) is 9.90 Å². The molecule has 2 aromatic rings. The zero-order chi connectivity index (χ0) is 24.2. The number of urea groups is 1. The Bertz CT molecular complexity index is 879. The molecule has 1 aliphatic rings. The minimum atomic E-state index is -1.12. The molecule has 0 aliphatic carbocycles. The van der Waals surface area contributed by atoms with Crippen molar-refractivity contribution in [2.75, 3.05) is 46.9 Å². The van der Waals surface area contributed by atoms with Crippen LogP contribution in [-0.4, -0.2) is 63.0 Å². The second-order valence-corrected chi connectivity index (χ2v) is 8.91. The van der Waals surface area contributed by atoms with E-state index >= 15 is 0 Å². The highest BCUT2D eigenvalue weighted by atomic mass is 16.5.